The van der Waals surface area contributed by atoms with E-state index in [1.807, 2.05) is 0 Å². The summed E-state index contributed by atoms with van der Waals surface area (Å²) in [5.41, 5.74) is -1.30. The molecule has 1 heterocycles. The van der Waals surface area contributed by atoms with Crippen molar-refractivity contribution in [2.45, 2.75) is 244 Å². The summed E-state index contributed by atoms with van der Waals surface area (Å²) in [6.07, 6.45) is 30.1. The van der Waals surface area contributed by atoms with Crippen LogP contribution in [0.25, 0.3) is 0 Å². The topological polar surface area (TPSA) is 284 Å². The Labute approximate surface area is 460 Å². The molecule has 0 saturated carbocycles. The van der Waals surface area contributed by atoms with E-state index in [1.165, 1.54) is 130 Å². The molecule has 2 unspecified atom stereocenters. The Morgan fingerprint density at radius 3 is 1.30 bits per heavy atom. The molecular formula is C56H102N3O17P. The van der Waals surface area contributed by atoms with Crippen molar-refractivity contribution in [3.63, 3.8) is 0 Å². The van der Waals surface area contributed by atoms with Crippen molar-refractivity contribution in [3.05, 3.63) is 0 Å². The van der Waals surface area contributed by atoms with Gasteiger partial charge in [-0.1, -0.05) is 174 Å². The number of rotatable bonds is 53. The van der Waals surface area contributed by atoms with Crippen molar-refractivity contribution in [2.24, 2.45) is 0 Å². The Bertz CT molecular complexity index is 1650. The highest BCUT2D eigenvalue weighted by atomic mass is 31.2. The molecule has 0 spiro atoms. The molecule has 77 heavy (non-hydrogen) atoms. The zero-order chi connectivity index (χ0) is 57.0. The molecule has 1 aliphatic heterocycles. The van der Waals surface area contributed by atoms with Gasteiger partial charge >= 0.3 is 43.6 Å². The highest BCUT2D eigenvalue weighted by Gasteiger charge is 2.43. The number of hydrogen-bond donors (Lipinski definition) is 5. The minimum absolute atomic E-state index is 0.0390. The van der Waals surface area contributed by atoms with E-state index in [2.05, 4.69) is 13.8 Å². The first kappa shape index (κ1) is 71.5. The first-order valence-corrected chi connectivity index (χ1v) is 30.9. The Balaban J connectivity index is 2.72. The van der Waals surface area contributed by atoms with Crippen LogP contribution >= 0.6 is 7.82 Å². The molecule has 1 aliphatic rings. The summed E-state index contributed by atoms with van der Waals surface area (Å²) in [5.74, 6) is -6.21. The molecule has 0 aromatic rings. The number of esters is 2. The van der Waals surface area contributed by atoms with E-state index in [0.717, 1.165) is 38.5 Å². The fourth-order valence-electron chi connectivity index (χ4n) is 9.97. The number of aliphatic carboxylic acids is 4. The maximum Gasteiger partial charge on any atom is 0.472 e. The summed E-state index contributed by atoms with van der Waals surface area (Å²) in [6.45, 7) is 1.05. The third-order valence-corrected chi connectivity index (χ3v) is 15.1. The van der Waals surface area contributed by atoms with Gasteiger partial charge in [-0.3, -0.25) is 57.3 Å². The maximum atomic E-state index is 12.9. The third-order valence-electron chi connectivity index (χ3n) is 14.1. The molecule has 0 aromatic carbocycles. The molecule has 0 aliphatic carbocycles. The first-order valence-electron chi connectivity index (χ1n) is 29.5. The lowest BCUT2D eigenvalue weighted by molar-refractivity contribution is -0.161. The number of carbonyl (C=O) groups is 7. The fraction of sp³-hybridized carbons (Fsp3) is 0.875. The van der Waals surface area contributed by atoms with Crippen molar-refractivity contribution >= 4 is 49.4 Å². The molecule has 0 radical (unpaired) electrons. The van der Waals surface area contributed by atoms with Crippen molar-refractivity contribution in [3.8, 4) is 0 Å². The molecular weight excluding hydrogens is 1020 g/mol. The van der Waals surface area contributed by atoms with Gasteiger partial charge in [-0.2, -0.15) is 0 Å². The molecule has 5 N–H and O–H groups in total. The number of nitrogens with zero attached hydrogens (tertiary/aromatic N) is 3. The van der Waals surface area contributed by atoms with E-state index in [1.54, 1.807) is 0 Å². The van der Waals surface area contributed by atoms with Crippen LogP contribution in [-0.4, -0.2) is 165 Å². The number of carboxylic acids is 4. The minimum atomic E-state index is -4.72. The maximum absolute atomic E-state index is 12.9. The number of unbranched alkanes of at least 4 members (excludes halogenated alkanes) is 25. The molecule has 0 aromatic heterocycles. The van der Waals surface area contributed by atoms with Gasteiger partial charge in [-0.05, 0) is 32.1 Å². The molecule has 2 atom stereocenters. The van der Waals surface area contributed by atoms with Crippen LogP contribution in [0.1, 0.15) is 232 Å². The average molecular weight is 1120 g/mol. The predicted octanol–water partition coefficient (Wildman–Crippen LogP) is 10.4. The van der Waals surface area contributed by atoms with E-state index in [0.29, 0.717) is 12.8 Å². The van der Waals surface area contributed by atoms with Crippen LogP contribution in [0, 0.1) is 0 Å². The zero-order valence-corrected chi connectivity index (χ0v) is 48.2. The van der Waals surface area contributed by atoms with Crippen LogP contribution in [0.4, 0.5) is 0 Å². The largest absolute Gasteiger partial charge is 0.480 e. The quantitative estimate of drug-likeness (QED) is 0.0215. The smallest absolute Gasteiger partial charge is 0.472 e. The second-order valence-electron chi connectivity index (χ2n) is 21.3. The Kier molecular flexibility index (Phi) is 42.0. The van der Waals surface area contributed by atoms with Crippen LogP contribution < -0.4 is 0 Å². The Morgan fingerprint density at radius 2 is 0.883 bits per heavy atom. The number of phosphoric ester groups is 1. The lowest BCUT2D eigenvalue weighted by atomic mass is 9.88. The van der Waals surface area contributed by atoms with Crippen LogP contribution in [0.3, 0.4) is 0 Å². The number of ketones is 1. The fourth-order valence-corrected chi connectivity index (χ4v) is 10.8. The second kappa shape index (κ2) is 45.2. The average Bonchev–Trinajstić information content (AvgIpc) is 3.53. The van der Waals surface area contributed by atoms with Gasteiger partial charge in [0.2, 0.25) is 0 Å². The van der Waals surface area contributed by atoms with Gasteiger partial charge in [0.15, 0.2) is 6.10 Å². The van der Waals surface area contributed by atoms with Gasteiger partial charge in [-0.25, -0.2) is 4.57 Å². The molecule has 20 nitrogen and oxygen atoms in total. The van der Waals surface area contributed by atoms with E-state index in [9.17, 15) is 63.4 Å². The Morgan fingerprint density at radius 1 is 0.494 bits per heavy atom. The highest BCUT2D eigenvalue weighted by Crippen LogP contribution is 2.43. The van der Waals surface area contributed by atoms with Crippen LogP contribution in [0.15, 0.2) is 0 Å². The molecule has 1 fully saturated rings. The number of hydrogen-bond acceptors (Lipinski definition) is 15. The van der Waals surface area contributed by atoms with Gasteiger partial charge in [0.05, 0.1) is 39.4 Å². The van der Waals surface area contributed by atoms with Crippen LogP contribution in [-0.2, 0) is 56.6 Å². The second-order valence-corrected chi connectivity index (χ2v) is 22.8. The van der Waals surface area contributed by atoms with E-state index < -0.39 is 88.1 Å². The van der Waals surface area contributed by atoms with Crippen molar-refractivity contribution in [1.82, 2.24) is 14.7 Å². The van der Waals surface area contributed by atoms with Crippen molar-refractivity contribution in [2.75, 3.05) is 72.2 Å². The van der Waals surface area contributed by atoms with Gasteiger partial charge in [0.1, 0.15) is 12.4 Å². The van der Waals surface area contributed by atoms with Crippen molar-refractivity contribution < 1.29 is 82.0 Å². The standard InChI is InChI=1S/C56H102N3O17P/c1-3-5-7-9-11-13-15-17-19-21-23-25-27-34-54(69)73-44-49(76-55(70)35-28-26-24-22-20-18-16-14-12-10-8-6-4-2)45-75-77(71,72)74-39-31-33-48(60)32-29-30-36-56(59(42-52(65)66)43-53(67)68)46-57(40-50(61)62)37-38-58(47-56)41-51(63)64/h49H,3-47H2,1-2H3,(H,61,62)(H,63,64)(H,65,66)(H,67,68)(H,71,72). The monoisotopic (exact) mass is 1120 g/mol. The summed E-state index contributed by atoms with van der Waals surface area (Å²) in [5, 5.41) is 38.6. The molecule has 0 amide bonds. The summed E-state index contributed by atoms with van der Waals surface area (Å²) >= 11 is 0. The molecule has 0 bridgehead atoms. The molecule has 1 rings (SSSR count). The number of Topliss-reactive ketones (excluding diaryl/α,β-unsaturated/α-hetero) is 1. The van der Waals surface area contributed by atoms with Crippen molar-refractivity contribution in [1.29, 1.82) is 0 Å². The number of phosphoric acid groups is 1. The van der Waals surface area contributed by atoms with Crippen LogP contribution in [0.2, 0.25) is 0 Å². The minimum Gasteiger partial charge on any atom is -0.480 e. The van der Waals surface area contributed by atoms with Gasteiger partial charge < -0.3 is 34.8 Å². The highest BCUT2D eigenvalue weighted by molar-refractivity contribution is 7.47. The van der Waals surface area contributed by atoms with E-state index in [-0.39, 0.29) is 96.5 Å². The first-order chi connectivity index (χ1) is 36.9. The van der Waals surface area contributed by atoms with Crippen LogP contribution in [0.5, 0.6) is 0 Å². The number of carbonyl (C=O) groups excluding carboxylic acids is 3. The summed E-state index contributed by atoms with van der Waals surface area (Å²) < 4.78 is 34.3. The van der Waals surface area contributed by atoms with Gasteiger partial charge in [-0.15, -0.1) is 0 Å². The van der Waals surface area contributed by atoms with E-state index in [4.69, 9.17) is 18.5 Å². The third kappa shape index (κ3) is 40.3. The van der Waals surface area contributed by atoms with Gasteiger partial charge in [0.25, 0.3) is 0 Å². The zero-order valence-electron chi connectivity index (χ0n) is 47.3. The molecule has 1 saturated heterocycles. The Hall–Kier alpha value is -3.52. The summed E-state index contributed by atoms with van der Waals surface area (Å²) in [4.78, 5) is 101. The lowest BCUT2D eigenvalue weighted by Gasteiger charge is -2.45. The summed E-state index contributed by atoms with van der Waals surface area (Å²) in [6, 6.07) is 0. The molecule has 21 heteroatoms. The summed E-state index contributed by atoms with van der Waals surface area (Å²) in [7, 11) is -4.72. The van der Waals surface area contributed by atoms with E-state index >= 15 is 0 Å². The normalized spacial score (nSPS) is 15.2. The number of carboxylic acid groups (broad SMARTS) is 4. The van der Waals surface area contributed by atoms with Gasteiger partial charge in [0, 0.05) is 57.4 Å². The SMILES string of the molecule is CCCCCCCCCCCCCCCC(=O)OCC(COP(=O)(O)OCCCC(=O)CCCCC1(N(CC(=O)O)CC(=O)O)CN(CC(=O)O)CCN(CC(=O)O)C1)OC(=O)CCCCCCCCCCCCCCC. The lowest BCUT2D eigenvalue weighted by Crippen LogP contribution is -2.62. The number of ether oxygens (including phenoxy) is 2. The molecule has 448 valence electrons. The predicted molar refractivity (Wildman–Crippen MR) is 294 cm³/mol.